The zero-order chi connectivity index (χ0) is 11.4. The highest BCUT2D eigenvalue weighted by Gasteiger charge is 2.16. The first kappa shape index (κ1) is 11.0. The minimum absolute atomic E-state index is 0.602. The Labute approximate surface area is 96.1 Å². The lowest BCUT2D eigenvalue weighted by Gasteiger charge is -2.19. The molecule has 0 atom stereocenters. The molecule has 2 aliphatic heterocycles. The van der Waals surface area contributed by atoms with Crippen LogP contribution in [0.25, 0.3) is 0 Å². The van der Waals surface area contributed by atoms with Gasteiger partial charge >= 0.3 is 0 Å². The van der Waals surface area contributed by atoms with Gasteiger partial charge in [0.1, 0.15) is 0 Å². The van der Waals surface area contributed by atoms with E-state index in [1.54, 1.807) is 0 Å². The highest BCUT2D eigenvalue weighted by atomic mass is 17.2. The molecular formula is C14H16O2. The minimum atomic E-state index is 0.602. The van der Waals surface area contributed by atoms with Crippen molar-refractivity contribution in [1.82, 2.24) is 0 Å². The Morgan fingerprint density at radius 3 is 2.62 bits per heavy atom. The number of allylic oxidation sites excluding steroid dienone is 2. The van der Waals surface area contributed by atoms with Crippen molar-refractivity contribution in [2.45, 2.75) is 19.3 Å². The molecule has 16 heavy (non-hydrogen) atoms. The molecule has 2 aliphatic rings. The van der Waals surface area contributed by atoms with Crippen LogP contribution >= 0.6 is 0 Å². The van der Waals surface area contributed by atoms with E-state index >= 15 is 0 Å². The molecule has 0 spiro atoms. The molecule has 0 amide bonds. The Balaban J connectivity index is 2.53. The molecule has 2 nitrogen and oxygen atoms in total. The van der Waals surface area contributed by atoms with Crippen molar-refractivity contribution in [3.8, 4) is 5.75 Å². The van der Waals surface area contributed by atoms with Gasteiger partial charge in [0, 0.05) is 12.0 Å². The Bertz CT molecular complexity index is 368. The highest BCUT2D eigenvalue weighted by Crippen LogP contribution is 2.29. The smallest absolute Gasteiger partial charge is 0.169 e. The molecule has 1 aromatic rings. The maximum Gasteiger partial charge on any atom is 0.169 e. The lowest BCUT2D eigenvalue weighted by atomic mass is 9.93. The summed E-state index contributed by atoms with van der Waals surface area (Å²) in [5, 5.41) is 0. The summed E-state index contributed by atoms with van der Waals surface area (Å²) < 4.78 is 0. The van der Waals surface area contributed by atoms with Crippen LogP contribution in [0.3, 0.4) is 0 Å². The van der Waals surface area contributed by atoms with Crippen molar-refractivity contribution in [1.29, 1.82) is 0 Å². The van der Waals surface area contributed by atoms with E-state index in [9.17, 15) is 0 Å². The third kappa shape index (κ3) is 2.02. The third-order valence-corrected chi connectivity index (χ3v) is 2.79. The van der Waals surface area contributed by atoms with Crippen LogP contribution in [0.4, 0.5) is 0 Å². The van der Waals surface area contributed by atoms with Gasteiger partial charge in [-0.3, -0.25) is 0 Å². The molecular weight excluding hydrogens is 200 g/mol. The fraction of sp³-hybridized carbons (Fsp3) is 0.286. The van der Waals surface area contributed by atoms with Crippen molar-refractivity contribution in [3.63, 3.8) is 0 Å². The SMILES string of the molecule is C=CCc1c2ccc(c1CC=C)OOCC2. The Kier molecular flexibility index (Phi) is 3.42. The molecule has 0 radical (unpaired) electrons. The first-order valence-corrected chi connectivity index (χ1v) is 5.51. The molecule has 0 N–H and O–H groups in total. The zero-order valence-corrected chi connectivity index (χ0v) is 9.37. The number of rotatable bonds is 4. The molecule has 0 saturated heterocycles. The second kappa shape index (κ2) is 4.99. The van der Waals surface area contributed by atoms with Gasteiger partial charge in [0.05, 0.1) is 6.61 Å². The molecule has 0 saturated carbocycles. The molecule has 0 unspecified atom stereocenters. The van der Waals surface area contributed by atoms with Gasteiger partial charge in [-0.05, 0) is 30.0 Å². The second-order valence-electron chi connectivity index (χ2n) is 3.82. The predicted octanol–water partition coefficient (Wildman–Crippen LogP) is 3.01. The number of hydrogen-bond acceptors (Lipinski definition) is 2. The van der Waals surface area contributed by atoms with E-state index in [0.29, 0.717) is 6.61 Å². The zero-order valence-electron chi connectivity index (χ0n) is 9.37. The molecule has 3 rings (SSSR count). The topological polar surface area (TPSA) is 18.5 Å². The summed E-state index contributed by atoms with van der Waals surface area (Å²) in [6, 6.07) is 4.09. The van der Waals surface area contributed by atoms with E-state index in [2.05, 4.69) is 19.2 Å². The van der Waals surface area contributed by atoms with E-state index in [1.165, 1.54) is 16.7 Å². The van der Waals surface area contributed by atoms with E-state index < -0.39 is 0 Å². The first-order valence-electron chi connectivity index (χ1n) is 5.51. The summed E-state index contributed by atoms with van der Waals surface area (Å²) in [7, 11) is 0. The number of benzene rings is 1. The van der Waals surface area contributed by atoms with Gasteiger partial charge in [0.25, 0.3) is 0 Å². The maximum absolute atomic E-state index is 5.29. The fourth-order valence-electron chi connectivity index (χ4n) is 2.06. The van der Waals surface area contributed by atoms with Crippen LogP contribution in [0.15, 0.2) is 37.4 Å². The van der Waals surface area contributed by atoms with Gasteiger partial charge in [-0.2, -0.15) is 4.89 Å². The van der Waals surface area contributed by atoms with Gasteiger partial charge < -0.3 is 4.89 Å². The normalized spacial score (nSPS) is 13.8. The number of fused-ring (bicyclic) bond motifs is 5. The third-order valence-electron chi connectivity index (χ3n) is 2.79. The van der Waals surface area contributed by atoms with Crippen molar-refractivity contribution in [2.75, 3.05) is 6.61 Å². The largest absolute Gasteiger partial charge is 0.337 e. The lowest BCUT2D eigenvalue weighted by Crippen LogP contribution is -2.12. The van der Waals surface area contributed by atoms with Crippen LogP contribution in [-0.2, 0) is 24.2 Å². The predicted molar refractivity (Wildman–Crippen MR) is 64.5 cm³/mol. The van der Waals surface area contributed by atoms with Crippen LogP contribution < -0.4 is 4.89 Å². The van der Waals surface area contributed by atoms with Gasteiger partial charge in [0.15, 0.2) is 5.75 Å². The molecule has 2 heteroatoms. The van der Waals surface area contributed by atoms with Crippen molar-refractivity contribution >= 4 is 0 Å². The molecule has 2 bridgehead atoms. The summed E-state index contributed by atoms with van der Waals surface area (Å²) in [4.78, 5) is 10.4. The average Bonchev–Trinajstić information content (AvgIpc) is 2.24. The molecule has 1 aromatic carbocycles. The summed E-state index contributed by atoms with van der Waals surface area (Å²) in [6.07, 6.45) is 6.37. The second-order valence-corrected chi connectivity index (χ2v) is 3.82. The molecule has 0 aromatic heterocycles. The quantitative estimate of drug-likeness (QED) is 0.569. The van der Waals surface area contributed by atoms with Crippen LogP contribution in [0.2, 0.25) is 0 Å². The minimum Gasteiger partial charge on any atom is -0.337 e. The Morgan fingerprint density at radius 2 is 1.88 bits per heavy atom. The van der Waals surface area contributed by atoms with Crippen LogP contribution in [0, 0.1) is 0 Å². The fourth-order valence-corrected chi connectivity index (χ4v) is 2.06. The average molecular weight is 216 g/mol. The lowest BCUT2D eigenvalue weighted by molar-refractivity contribution is -0.207. The number of hydrogen-bond donors (Lipinski definition) is 0. The highest BCUT2D eigenvalue weighted by molar-refractivity contribution is 5.47. The van der Waals surface area contributed by atoms with Crippen molar-refractivity contribution < 1.29 is 9.78 Å². The van der Waals surface area contributed by atoms with Gasteiger partial charge in [-0.25, -0.2) is 0 Å². The molecule has 0 fully saturated rings. The standard InChI is InChI=1S/C14H16O2/c1-3-5-12-11-7-8-14(13(12)6-4-2)16-15-10-9-11/h3-4,7-8H,1-2,5-6,9-10H2. The van der Waals surface area contributed by atoms with Crippen LogP contribution in [0.5, 0.6) is 5.75 Å². The van der Waals surface area contributed by atoms with E-state index in [-0.39, 0.29) is 0 Å². The summed E-state index contributed by atoms with van der Waals surface area (Å²) in [5.41, 5.74) is 3.81. The van der Waals surface area contributed by atoms with Crippen LogP contribution in [0.1, 0.15) is 16.7 Å². The van der Waals surface area contributed by atoms with Gasteiger partial charge in [-0.1, -0.05) is 18.2 Å². The van der Waals surface area contributed by atoms with Gasteiger partial charge in [-0.15, -0.1) is 13.2 Å². The first-order chi connectivity index (χ1) is 7.86. The van der Waals surface area contributed by atoms with Crippen molar-refractivity contribution in [3.05, 3.63) is 54.1 Å². The monoisotopic (exact) mass is 216 g/mol. The summed E-state index contributed by atoms with van der Waals surface area (Å²) in [6.45, 7) is 8.19. The molecule has 0 aliphatic carbocycles. The van der Waals surface area contributed by atoms with E-state index in [4.69, 9.17) is 9.78 Å². The van der Waals surface area contributed by atoms with Gasteiger partial charge in [0.2, 0.25) is 0 Å². The van der Waals surface area contributed by atoms with E-state index in [1.807, 2.05) is 18.2 Å². The van der Waals surface area contributed by atoms with Crippen LogP contribution in [-0.4, -0.2) is 6.61 Å². The Hall–Kier alpha value is -1.54. The summed E-state index contributed by atoms with van der Waals surface area (Å²) in [5.74, 6) is 0.806. The van der Waals surface area contributed by atoms with Crippen molar-refractivity contribution in [2.24, 2.45) is 0 Å². The molecule has 84 valence electrons. The Morgan fingerprint density at radius 1 is 1.12 bits per heavy atom. The maximum atomic E-state index is 5.29. The molecule has 2 heterocycles. The van der Waals surface area contributed by atoms with E-state index in [0.717, 1.165) is 25.0 Å². The summed E-state index contributed by atoms with van der Waals surface area (Å²) >= 11 is 0.